The van der Waals surface area contributed by atoms with E-state index in [-0.39, 0.29) is 0 Å². The van der Waals surface area contributed by atoms with Gasteiger partial charge in [0.2, 0.25) is 0 Å². The van der Waals surface area contributed by atoms with Crippen LogP contribution in [0, 0.1) is 11.3 Å². The van der Waals surface area contributed by atoms with E-state index < -0.39 is 0 Å². The van der Waals surface area contributed by atoms with Gasteiger partial charge in [-0.3, -0.25) is 0 Å². The Morgan fingerprint density at radius 1 is 0.893 bits per heavy atom. The topological polar surface area (TPSA) is 71.7 Å². The number of rotatable bonds is 2. The maximum Gasteiger partial charge on any atom is 0.0992 e. The zero-order chi connectivity index (χ0) is 19.4. The number of hydrogen-bond donors (Lipinski definition) is 2. The van der Waals surface area contributed by atoms with E-state index >= 15 is 0 Å². The van der Waals surface area contributed by atoms with Crippen LogP contribution >= 0.6 is 0 Å². The molecular formula is C23H21N5. The van der Waals surface area contributed by atoms with Crippen LogP contribution in [0.25, 0.3) is 33.0 Å². The van der Waals surface area contributed by atoms with Gasteiger partial charge < -0.3 is 20.2 Å². The van der Waals surface area contributed by atoms with E-state index in [9.17, 15) is 5.26 Å². The molecule has 0 unspecified atom stereocenters. The van der Waals surface area contributed by atoms with Crippen molar-refractivity contribution in [2.45, 2.75) is 0 Å². The second-order valence-electron chi connectivity index (χ2n) is 7.49. The minimum absolute atomic E-state index is 0.686. The number of nitrogens with two attached hydrogens (primary N) is 1. The summed E-state index contributed by atoms with van der Waals surface area (Å²) in [6.45, 7) is 1.67. The Hall–Kier alpha value is -3.49. The largest absolute Gasteiger partial charge is 0.399 e. The van der Waals surface area contributed by atoms with Crippen molar-refractivity contribution in [3.63, 3.8) is 0 Å². The molecule has 5 heteroatoms. The van der Waals surface area contributed by atoms with Crippen LogP contribution < -0.4 is 11.1 Å². The third-order valence-corrected chi connectivity index (χ3v) is 5.75. The van der Waals surface area contributed by atoms with Crippen LogP contribution in [0.15, 0.2) is 48.8 Å². The Morgan fingerprint density at radius 2 is 1.46 bits per heavy atom. The number of nitrogens with one attached hydrogen (secondary N) is 1. The summed E-state index contributed by atoms with van der Waals surface area (Å²) in [5, 5.41) is 15.2. The highest BCUT2D eigenvalue weighted by molar-refractivity contribution is 6.07. The summed E-state index contributed by atoms with van der Waals surface area (Å²) in [5.74, 6) is 0. The maximum atomic E-state index is 9.23. The molecule has 4 aromatic rings. The molecule has 3 N–H and O–H groups in total. The summed E-state index contributed by atoms with van der Waals surface area (Å²) < 4.78 is 4.25. The first-order valence-corrected chi connectivity index (χ1v) is 9.34. The molecular weight excluding hydrogens is 346 g/mol. The van der Waals surface area contributed by atoms with Crippen molar-refractivity contribution in [2.24, 2.45) is 14.1 Å². The number of aryl methyl sites for hydroxylation is 2. The second-order valence-corrected chi connectivity index (χ2v) is 7.49. The average Bonchev–Trinajstić information content (AvgIpc) is 3.38. The molecule has 0 aliphatic carbocycles. The molecule has 5 rings (SSSR count). The zero-order valence-corrected chi connectivity index (χ0v) is 16.0. The van der Waals surface area contributed by atoms with Crippen LogP contribution in [0.3, 0.4) is 0 Å². The van der Waals surface area contributed by atoms with Gasteiger partial charge in [0.25, 0.3) is 0 Å². The number of aromatic nitrogens is 2. The van der Waals surface area contributed by atoms with Crippen molar-refractivity contribution >= 4 is 38.6 Å². The van der Waals surface area contributed by atoms with E-state index in [4.69, 9.17) is 5.73 Å². The van der Waals surface area contributed by atoms with Crippen LogP contribution in [-0.4, -0.2) is 22.2 Å². The molecule has 3 heterocycles. The number of benzene rings is 2. The first-order valence-electron chi connectivity index (χ1n) is 9.34. The number of nitrogens with zero attached hydrogens (tertiary/aromatic N) is 3. The predicted octanol–water partition coefficient (Wildman–Crippen LogP) is 3.64. The summed E-state index contributed by atoms with van der Waals surface area (Å²) in [6, 6.07) is 14.3. The fourth-order valence-electron chi connectivity index (χ4n) is 4.38. The van der Waals surface area contributed by atoms with Gasteiger partial charge in [0.15, 0.2) is 0 Å². The molecule has 2 aromatic heterocycles. The van der Waals surface area contributed by atoms with Crippen molar-refractivity contribution < 1.29 is 0 Å². The normalized spacial score (nSPS) is 14.3. The SMILES string of the molecule is Cn1cc(C2=C(c3cn(C)c4cc(C#N)ccc34)CNC2)c2ccc(N)cc21. The molecule has 0 bridgehead atoms. The Bertz CT molecular complexity index is 1330. The van der Waals surface area contributed by atoms with E-state index in [1.807, 2.05) is 31.3 Å². The highest BCUT2D eigenvalue weighted by atomic mass is 14.9. The van der Waals surface area contributed by atoms with E-state index in [2.05, 4.69) is 52.1 Å². The average molecular weight is 367 g/mol. The molecule has 28 heavy (non-hydrogen) atoms. The van der Waals surface area contributed by atoms with Gasteiger partial charge in [-0.2, -0.15) is 5.26 Å². The van der Waals surface area contributed by atoms with Crippen LogP contribution in [0.5, 0.6) is 0 Å². The Morgan fingerprint density at radius 3 is 2.07 bits per heavy atom. The Kier molecular flexibility index (Phi) is 3.58. The number of fused-ring (bicyclic) bond motifs is 2. The lowest BCUT2D eigenvalue weighted by molar-refractivity contribution is 0.901. The molecule has 2 aromatic carbocycles. The molecule has 5 nitrogen and oxygen atoms in total. The monoisotopic (exact) mass is 367 g/mol. The predicted molar refractivity (Wildman–Crippen MR) is 115 cm³/mol. The molecule has 0 saturated carbocycles. The lowest BCUT2D eigenvalue weighted by atomic mass is 9.96. The molecule has 0 radical (unpaired) electrons. The lowest BCUT2D eigenvalue weighted by Crippen LogP contribution is -2.08. The van der Waals surface area contributed by atoms with Gasteiger partial charge >= 0.3 is 0 Å². The van der Waals surface area contributed by atoms with Crippen molar-refractivity contribution in [2.75, 3.05) is 18.8 Å². The molecule has 0 fully saturated rings. The lowest BCUT2D eigenvalue weighted by Gasteiger charge is -2.06. The van der Waals surface area contributed by atoms with Crippen LogP contribution in [0.4, 0.5) is 5.69 Å². The van der Waals surface area contributed by atoms with Crippen molar-refractivity contribution in [3.8, 4) is 6.07 Å². The molecule has 0 spiro atoms. The van der Waals surface area contributed by atoms with E-state index in [1.165, 1.54) is 33.0 Å². The summed E-state index contributed by atoms with van der Waals surface area (Å²) in [4.78, 5) is 0. The highest BCUT2D eigenvalue weighted by Crippen LogP contribution is 2.37. The van der Waals surface area contributed by atoms with Gasteiger partial charge in [0.1, 0.15) is 0 Å². The van der Waals surface area contributed by atoms with Crippen molar-refractivity contribution in [1.82, 2.24) is 14.5 Å². The van der Waals surface area contributed by atoms with E-state index in [0.717, 1.165) is 29.8 Å². The van der Waals surface area contributed by atoms with Crippen LogP contribution in [0.1, 0.15) is 16.7 Å². The molecule has 0 saturated heterocycles. The molecule has 138 valence electrons. The Balaban J connectivity index is 1.76. The van der Waals surface area contributed by atoms with Gasteiger partial charge in [-0.25, -0.2) is 0 Å². The third-order valence-electron chi connectivity index (χ3n) is 5.75. The van der Waals surface area contributed by atoms with Crippen molar-refractivity contribution in [3.05, 3.63) is 65.5 Å². The first-order chi connectivity index (χ1) is 13.6. The second kappa shape index (κ2) is 6.01. The number of nitrogen functional groups attached to an aromatic ring is 1. The standard InChI is InChI=1S/C23H21N5/c1-27-12-20(16-5-3-14(9-24)7-22(16)27)18-10-26-11-19(18)21-13-28(2)23-8-15(25)4-6-17(21)23/h3-8,12-13,26H,10-11,25H2,1-2H3. The molecule has 1 aliphatic rings. The summed E-state index contributed by atoms with van der Waals surface area (Å²) in [7, 11) is 4.10. The van der Waals surface area contributed by atoms with Gasteiger partial charge in [-0.1, -0.05) is 12.1 Å². The fraction of sp³-hybridized carbons (Fsp3) is 0.174. The summed E-state index contributed by atoms with van der Waals surface area (Å²) >= 11 is 0. The smallest absolute Gasteiger partial charge is 0.0992 e. The quantitative estimate of drug-likeness (QED) is 0.531. The fourth-order valence-corrected chi connectivity index (χ4v) is 4.38. The van der Waals surface area contributed by atoms with Gasteiger partial charge in [-0.15, -0.1) is 0 Å². The zero-order valence-electron chi connectivity index (χ0n) is 16.0. The molecule has 0 atom stereocenters. The number of hydrogen-bond acceptors (Lipinski definition) is 3. The summed E-state index contributed by atoms with van der Waals surface area (Å²) in [5.41, 5.74) is 14.8. The van der Waals surface area contributed by atoms with Crippen molar-refractivity contribution in [1.29, 1.82) is 5.26 Å². The van der Waals surface area contributed by atoms with E-state index in [0.29, 0.717) is 5.56 Å². The minimum Gasteiger partial charge on any atom is -0.399 e. The number of nitriles is 1. The minimum atomic E-state index is 0.686. The third kappa shape index (κ3) is 2.35. The van der Waals surface area contributed by atoms with E-state index in [1.54, 1.807) is 0 Å². The summed E-state index contributed by atoms with van der Waals surface area (Å²) in [6.07, 6.45) is 4.38. The van der Waals surface area contributed by atoms with Gasteiger partial charge in [0, 0.05) is 72.7 Å². The first kappa shape index (κ1) is 16.7. The van der Waals surface area contributed by atoms with Crippen LogP contribution in [-0.2, 0) is 14.1 Å². The number of anilines is 1. The Labute approximate surface area is 163 Å². The van der Waals surface area contributed by atoms with Gasteiger partial charge in [0.05, 0.1) is 17.1 Å². The molecule has 0 amide bonds. The highest BCUT2D eigenvalue weighted by Gasteiger charge is 2.23. The molecule has 1 aliphatic heterocycles. The van der Waals surface area contributed by atoms with Gasteiger partial charge in [-0.05, 0) is 35.4 Å². The maximum absolute atomic E-state index is 9.23. The van der Waals surface area contributed by atoms with Crippen LogP contribution in [0.2, 0.25) is 0 Å².